The molecule has 11 nitrogen and oxygen atoms in total. The van der Waals surface area contributed by atoms with Gasteiger partial charge in [0.2, 0.25) is 6.04 Å². The van der Waals surface area contributed by atoms with Gasteiger partial charge in [-0.05, 0) is 37.3 Å². The minimum atomic E-state index is -1.41. The number of rotatable bonds is 6. The molecule has 0 radical (unpaired) electrons. The third-order valence-electron chi connectivity index (χ3n) is 3.66. The summed E-state index contributed by atoms with van der Waals surface area (Å²) in [6.07, 6.45) is 0. The summed E-state index contributed by atoms with van der Waals surface area (Å²) in [7, 11) is 0. The van der Waals surface area contributed by atoms with Crippen molar-refractivity contribution in [3.8, 4) is 0 Å². The zero-order valence-electron chi connectivity index (χ0n) is 14.4. The van der Waals surface area contributed by atoms with Crippen LogP contribution in [-0.4, -0.2) is 28.7 Å². The molecule has 2 aromatic carbocycles. The summed E-state index contributed by atoms with van der Waals surface area (Å²) in [5.74, 6) is -1.27. The van der Waals surface area contributed by atoms with E-state index in [0.29, 0.717) is 16.4 Å². The largest absolute Gasteiger partial charge is 0.368 e. The molecule has 0 aromatic heterocycles. The molecule has 0 saturated carbocycles. The van der Waals surface area contributed by atoms with Crippen LogP contribution in [0.5, 0.6) is 0 Å². The maximum absolute atomic E-state index is 12.4. The summed E-state index contributed by atoms with van der Waals surface area (Å²) < 4.78 is 0. The van der Waals surface area contributed by atoms with Gasteiger partial charge in [-0.2, -0.15) is 20.2 Å². The van der Waals surface area contributed by atoms with Crippen LogP contribution >= 0.6 is 0 Å². The summed E-state index contributed by atoms with van der Waals surface area (Å²) in [5.41, 5.74) is 0.447. The first kappa shape index (κ1) is 18.6. The van der Waals surface area contributed by atoms with Crippen molar-refractivity contribution in [1.29, 1.82) is 0 Å². The molecule has 0 aliphatic carbocycles. The van der Waals surface area contributed by atoms with Gasteiger partial charge in [0.05, 0.1) is 21.3 Å². The van der Waals surface area contributed by atoms with E-state index in [1.807, 2.05) is 0 Å². The maximum Gasteiger partial charge on any atom is 0.368 e. The van der Waals surface area contributed by atoms with E-state index in [4.69, 9.17) is 0 Å². The van der Waals surface area contributed by atoms with E-state index in [9.17, 15) is 24.5 Å². The number of anilines is 1. The van der Waals surface area contributed by atoms with E-state index in [-0.39, 0.29) is 11.4 Å². The predicted octanol–water partition coefficient (Wildman–Crippen LogP) is 1.65. The van der Waals surface area contributed by atoms with Gasteiger partial charge in [-0.15, -0.1) is 0 Å². The van der Waals surface area contributed by atoms with Gasteiger partial charge < -0.3 is 5.32 Å². The number of nitrogens with zero attached hydrogens (tertiary/aromatic N) is 5. The smallest absolute Gasteiger partial charge is 0.324 e. The van der Waals surface area contributed by atoms with Crippen LogP contribution in [0.1, 0.15) is 6.92 Å². The molecule has 1 aliphatic heterocycles. The Morgan fingerprint density at radius 1 is 1.11 bits per heavy atom. The number of amides is 3. The molecule has 140 valence electrons. The molecule has 2 aromatic rings. The monoisotopic (exact) mass is 380 g/mol. The number of nitro benzene ring substituents is 1. The number of urea groups is 1. The number of carbonyl (C=O) groups excluding carboxylic acids is 3. The summed E-state index contributed by atoms with van der Waals surface area (Å²) >= 11 is 0. The van der Waals surface area contributed by atoms with Crippen LogP contribution in [0.3, 0.4) is 0 Å². The summed E-state index contributed by atoms with van der Waals surface area (Å²) in [5, 5.41) is 21.4. The lowest BCUT2D eigenvalue weighted by Gasteiger charge is -2.09. The molecule has 28 heavy (non-hydrogen) atoms. The third kappa shape index (κ3) is 4.15. The molecule has 0 saturated heterocycles. The number of azo groups is 1. The first-order valence-electron chi connectivity index (χ1n) is 7.91. The number of fused-ring (bicyclic) bond motifs is 1. The minimum Gasteiger partial charge on any atom is -0.324 e. The molecule has 1 atom stereocenters. The highest BCUT2D eigenvalue weighted by Crippen LogP contribution is 2.19. The van der Waals surface area contributed by atoms with Crippen LogP contribution in [-0.2, 0) is 9.59 Å². The topological polar surface area (TPSA) is 156 Å². The van der Waals surface area contributed by atoms with E-state index in [2.05, 4.69) is 25.5 Å². The zero-order chi connectivity index (χ0) is 20.3. The van der Waals surface area contributed by atoms with Crippen molar-refractivity contribution in [1.82, 2.24) is 0 Å². The van der Waals surface area contributed by atoms with Gasteiger partial charge in [0.15, 0.2) is 5.78 Å². The quantitative estimate of drug-likeness (QED) is 0.349. The van der Waals surface area contributed by atoms with Gasteiger partial charge in [-0.25, -0.2) is 4.79 Å². The van der Waals surface area contributed by atoms with Crippen molar-refractivity contribution in [2.45, 2.75) is 13.0 Å². The normalized spacial score (nSPS) is 13.4. The predicted molar refractivity (Wildman–Crippen MR) is 94.9 cm³/mol. The Kier molecular flexibility index (Phi) is 5.07. The third-order valence-corrected chi connectivity index (χ3v) is 3.66. The number of carbonyl (C=O) groups is 3. The molecule has 0 fully saturated rings. The Morgan fingerprint density at radius 3 is 2.43 bits per heavy atom. The minimum absolute atomic E-state index is 0.118. The molecular weight excluding hydrogens is 368 g/mol. The average Bonchev–Trinajstić information content (AvgIpc) is 3.01. The van der Waals surface area contributed by atoms with E-state index in [1.54, 1.807) is 0 Å². The van der Waals surface area contributed by atoms with Gasteiger partial charge >= 0.3 is 6.03 Å². The summed E-state index contributed by atoms with van der Waals surface area (Å²) in [6, 6.07) is 7.60. The fourth-order valence-corrected chi connectivity index (χ4v) is 2.31. The van der Waals surface area contributed by atoms with Crippen LogP contribution < -0.4 is 16.0 Å². The van der Waals surface area contributed by atoms with Crippen LogP contribution in [0.4, 0.5) is 21.9 Å². The van der Waals surface area contributed by atoms with Gasteiger partial charge in [0.1, 0.15) is 0 Å². The van der Waals surface area contributed by atoms with Gasteiger partial charge in [0, 0.05) is 17.8 Å². The maximum atomic E-state index is 12.4. The highest BCUT2D eigenvalue weighted by molar-refractivity contribution is 6.10. The molecule has 3 amide bonds. The Bertz CT molecular complexity index is 1140. The lowest BCUT2D eigenvalue weighted by molar-refractivity contribution is -0.384. The zero-order valence-corrected chi connectivity index (χ0v) is 14.4. The fourth-order valence-electron chi connectivity index (χ4n) is 2.31. The molecule has 3 rings (SSSR count). The second kappa shape index (κ2) is 7.61. The van der Waals surface area contributed by atoms with Crippen molar-refractivity contribution in [3.05, 3.63) is 63.3 Å². The first-order chi connectivity index (χ1) is 13.3. The van der Waals surface area contributed by atoms with Crippen LogP contribution in [0, 0.1) is 10.1 Å². The van der Waals surface area contributed by atoms with Gasteiger partial charge in [0.25, 0.3) is 11.6 Å². The number of Topliss-reactive ketones (excluding diaryl/α,β-unsaturated/α-hetero) is 1. The molecule has 1 unspecified atom stereocenters. The average molecular weight is 380 g/mol. The number of nitrogens with one attached hydrogen (secondary N) is 1. The molecule has 11 heteroatoms. The molecule has 0 spiro atoms. The number of non-ortho nitro benzene ring substituents is 1. The van der Waals surface area contributed by atoms with E-state index in [1.165, 1.54) is 49.4 Å². The Labute approximate surface area is 156 Å². The number of benzene rings is 2. The lowest BCUT2D eigenvalue weighted by Crippen LogP contribution is -2.32. The van der Waals surface area contributed by atoms with Crippen LogP contribution in [0.15, 0.2) is 62.7 Å². The highest BCUT2D eigenvalue weighted by atomic mass is 16.6. The molecule has 1 aliphatic rings. The standard InChI is InChI=1S/C17H12N6O5/c1-9(24)15(22-21-10-2-5-12(6-3-10)23(27)28)16(25)18-11-4-7-13-14(8-11)20-17(26)19-13/h2-8,15H,1H3,(H,18,25). The van der Waals surface area contributed by atoms with E-state index < -0.39 is 28.7 Å². The summed E-state index contributed by atoms with van der Waals surface area (Å²) in [4.78, 5) is 52.8. The van der Waals surface area contributed by atoms with E-state index >= 15 is 0 Å². The lowest BCUT2D eigenvalue weighted by atomic mass is 10.2. The van der Waals surface area contributed by atoms with Crippen LogP contribution in [0.2, 0.25) is 0 Å². The number of nitro groups is 1. The number of ketones is 1. The van der Waals surface area contributed by atoms with Crippen LogP contribution in [0.25, 0.3) is 0 Å². The molecule has 1 N–H and O–H groups in total. The molecular formula is C17H12N6O5. The first-order valence-corrected chi connectivity index (χ1v) is 7.91. The van der Waals surface area contributed by atoms with Gasteiger partial charge in [-0.1, -0.05) is 0 Å². The highest BCUT2D eigenvalue weighted by Gasteiger charge is 2.23. The second-order valence-electron chi connectivity index (χ2n) is 5.70. The second-order valence-corrected chi connectivity index (χ2v) is 5.70. The fraction of sp³-hybridized carbons (Fsp3) is 0.118. The SMILES string of the molecule is CC(=O)C(N=Nc1ccc([N+](=O)[O-])cc1)C(=O)Nc1ccc2c(c1)=NC(=O)N=2. The molecule has 0 bridgehead atoms. The Balaban J connectivity index is 1.76. The van der Waals surface area contributed by atoms with Crippen molar-refractivity contribution in [3.63, 3.8) is 0 Å². The number of hydrogen-bond acceptors (Lipinski definition) is 7. The Morgan fingerprint density at radius 2 is 1.79 bits per heavy atom. The Hall–Kier alpha value is -4.15. The van der Waals surface area contributed by atoms with Gasteiger partial charge in [-0.3, -0.25) is 19.7 Å². The number of hydrogen-bond donors (Lipinski definition) is 1. The molecule has 1 heterocycles. The van der Waals surface area contributed by atoms with Crippen molar-refractivity contribution >= 4 is 34.8 Å². The van der Waals surface area contributed by atoms with E-state index in [0.717, 1.165) is 0 Å². The van der Waals surface area contributed by atoms with Crippen molar-refractivity contribution in [2.75, 3.05) is 5.32 Å². The summed E-state index contributed by atoms with van der Waals surface area (Å²) in [6.45, 7) is 1.19. The van der Waals surface area contributed by atoms with Crippen molar-refractivity contribution < 1.29 is 19.3 Å². The van der Waals surface area contributed by atoms with Crippen molar-refractivity contribution in [2.24, 2.45) is 20.2 Å².